The molecule has 8 heteroatoms. The third-order valence-electron chi connectivity index (χ3n) is 6.43. The molecule has 1 aliphatic rings. The number of aliphatic hydroxyl groups is 1. The topological polar surface area (TPSA) is 91.9 Å². The largest absolute Gasteiger partial charge is 0.507 e. The Bertz CT molecular complexity index is 1540. The number of aromatic nitrogens is 1. The summed E-state index contributed by atoms with van der Waals surface area (Å²) in [6, 6.07) is 18.3. The molecule has 36 heavy (non-hydrogen) atoms. The van der Waals surface area contributed by atoms with E-state index in [-0.39, 0.29) is 16.9 Å². The predicted octanol–water partition coefficient (Wildman–Crippen LogP) is 5.77. The van der Waals surface area contributed by atoms with Crippen LogP contribution in [0.1, 0.15) is 22.9 Å². The van der Waals surface area contributed by atoms with Crippen LogP contribution < -0.4 is 14.4 Å². The third-order valence-corrected chi connectivity index (χ3v) is 6.68. The quantitative estimate of drug-likeness (QED) is 0.205. The van der Waals surface area contributed by atoms with E-state index >= 15 is 0 Å². The van der Waals surface area contributed by atoms with Gasteiger partial charge in [0.05, 0.1) is 31.4 Å². The Hall–Kier alpha value is -4.23. The summed E-state index contributed by atoms with van der Waals surface area (Å²) in [5.74, 6) is -1.05. The Morgan fingerprint density at radius 1 is 1.00 bits per heavy atom. The molecule has 1 aromatic heterocycles. The SMILES string of the molecule is COc1ccc(/C(O)=C2\C(=O)C(=O)N(c3ccc(Cl)cc3)C2c2c(C)[nH]c3ccccc23)c(OC)c1. The minimum atomic E-state index is -0.894. The van der Waals surface area contributed by atoms with Gasteiger partial charge in [0.1, 0.15) is 17.3 Å². The molecule has 1 saturated heterocycles. The van der Waals surface area contributed by atoms with Crippen LogP contribution in [0.3, 0.4) is 0 Å². The number of benzene rings is 3. The number of nitrogens with one attached hydrogen (secondary N) is 1. The number of Topliss-reactive ketones (excluding diaryl/α,β-unsaturated/α-hetero) is 1. The fourth-order valence-corrected chi connectivity index (χ4v) is 4.89. The Kier molecular flexibility index (Phi) is 5.94. The van der Waals surface area contributed by atoms with Gasteiger partial charge in [-0.25, -0.2) is 0 Å². The molecule has 1 unspecified atom stereocenters. The van der Waals surface area contributed by atoms with Crippen LogP contribution >= 0.6 is 11.6 Å². The first-order valence-corrected chi connectivity index (χ1v) is 11.6. The number of hydrogen-bond acceptors (Lipinski definition) is 5. The monoisotopic (exact) mass is 502 g/mol. The number of aliphatic hydroxyl groups excluding tert-OH is 1. The molecule has 0 aliphatic carbocycles. The molecule has 5 rings (SSSR count). The maximum atomic E-state index is 13.5. The van der Waals surface area contributed by atoms with Gasteiger partial charge in [0, 0.05) is 38.9 Å². The van der Waals surface area contributed by atoms with Gasteiger partial charge < -0.3 is 19.6 Å². The van der Waals surface area contributed by atoms with Gasteiger partial charge in [-0.05, 0) is 49.4 Å². The molecule has 1 aliphatic heterocycles. The summed E-state index contributed by atoms with van der Waals surface area (Å²) in [4.78, 5) is 31.8. The molecule has 0 bridgehead atoms. The van der Waals surface area contributed by atoms with Crippen molar-refractivity contribution < 1.29 is 24.2 Å². The van der Waals surface area contributed by atoms with Crippen LogP contribution in [0, 0.1) is 6.92 Å². The Labute approximate surface area is 212 Å². The summed E-state index contributed by atoms with van der Waals surface area (Å²) in [5.41, 5.74) is 3.07. The van der Waals surface area contributed by atoms with E-state index in [1.54, 1.807) is 42.5 Å². The molecule has 3 aromatic carbocycles. The molecular weight excluding hydrogens is 480 g/mol. The molecule has 2 heterocycles. The van der Waals surface area contributed by atoms with Crippen molar-refractivity contribution in [1.82, 2.24) is 4.98 Å². The van der Waals surface area contributed by atoms with Crippen LogP contribution in [0.4, 0.5) is 5.69 Å². The van der Waals surface area contributed by atoms with Crippen molar-refractivity contribution >= 4 is 45.6 Å². The fraction of sp³-hybridized carbons (Fsp3) is 0.143. The van der Waals surface area contributed by atoms with Crippen molar-refractivity contribution in [2.75, 3.05) is 19.1 Å². The van der Waals surface area contributed by atoms with Crippen LogP contribution in [-0.2, 0) is 9.59 Å². The molecule has 182 valence electrons. The number of nitrogens with zero attached hydrogens (tertiary/aromatic N) is 1. The zero-order valence-corrected chi connectivity index (χ0v) is 20.6. The number of carbonyl (C=O) groups excluding carboxylic acids is 2. The van der Waals surface area contributed by atoms with Gasteiger partial charge in [-0.2, -0.15) is 0 Å². The lowest BCUT2D eigenvalue weighted by Gasteiger charge is -2.26. The number of para-hydroxylation sites is 1. The number of aromatic amines is 1. The number of carbonyl (C=O) groups is 2. The van der Waals surface area contributed by atoms with Crippen molar-refractivity contribution in [3.63, 3.8) is 0 Å². The molecule has 1 amide bonds. The van der Waals surface area contributed by atoms with E-state index in [2.05, 4.69) is 4.98 Å². The van der Waals surface area contributed by atoms with Crippen molar-refractivity contribution in [2.45, 2.75) is 13.0 Å². The lowest BCUT2D eigenvalue weighted by atomic mass is 9.93. The summed E-state index contributed by atoms with van der Waals surface area (Å²) in [7, 11) is 2.98. The van der Waals surface area contributed by atoms with Crippen molar-refractivity contribution in [2.24, 2.45) is 0 Å². The molecular formula is C28H23ClN2O5. The molecule has 7 nitrogen and oxygen atoms in total. The van der Waals surface area contributed by atoms with Crippen LogP contribution in [0.2, 0.25) is 5.02 Å². The second-order valence-corrected chi connectivity index (χ2v) is 8.86. The van der Waals surface area contributed by atoms with E-state index in [9.17, 15) is 14.7 Å². The standard InChI is InChI=1S/C28H23ClN2O5/c1-15-23(19-6-4-5-7-21(19)30-15)25-24(26(32)20-13-12-18(35-2)14-22(20)36-3)27(33)28(34)31(25)17-10-8-16(29)9-11-17/h4-14,25,30,32H,1-3H3/b26-24+. The number of amides is 1. The first-order valence-electron chi connectivity index (χ1n) is 11.2. The number of ether oxygens (including phenoxy) is 2. The van der Waals surface area contributed by atoms with E-state index in [0.29, 0.717) is 27.8 Å². The van der Waals surface area contributed by atoms with E-state index in [1.165, 1.54) is 19.1 Å². The average Bonchev–Trinajstić information content (AvgIpc) is 3.35. The highest BCUT2D eigenvalue weighted by atomic mass is 35.5. The average molecular weight is 503 g/mol. The molecule has 0 radical (unpaired) electrons. The first-order chi connectivity index (χ1) is 17.3. The number of halogens is 1. The maximum Gasteiger partial charge on any atom is 0.300 e. The molecule has 4 aromatic rings. The number of anilines is 1. The molecule has 0 spiro atoms. The summed E-state index contributed by atoms with van der Waals surface area (Å²) in [5, 5.41) is 12.9. The third kappa shape index (κ3) is 3.69. The number of H-pyrrole nitrogens is 1. The molecule has 1 fully saturated rings. The van der Waals surface area contributed by atoms with Crippen molar-refractivity contribution in [3.8, 4) is 11.5 Å². The normalized spacial score (nSPS) is 17.1. The fourth-order valence-electron chi connectivity index (χ4n) is 4.76. The van der Waals surface area contributed by atoms with Gasteiger partial charge in [0.25, 0.3) is 11.7 Å². The summed E-state index contributed by atoms with van der Waals surface area (Å²) >= 11 is 6.09. The van der Waals surface area contributed by atoms with Crippen LogP contribution in [-0.4, -0.2) is 36.0 Å². The highest BCUT2D eigenvalue weighted by molar-refractivity contribution is 6.52. The highest BCUT2D eigenvalue weighted by Gasteiger charge is 2.48. The number of rotatable bonds is 5. The predicted molar refractivity (Wildman–Crippen MR) is 139 cm³/mol. The highest BCUT2D eigenvalue weighted by Crippen LogP contribution is 2.46. The van der Waals surface area contributed by atoms with E-state index in [0.717, 1.165) is 16.6 Å². The summed E-state index contributed by atoms with van der Waals surface area (Å²) < 4.78 is 10.7. The Morgan fingerprint density at radius 2 is 1.72 bits per heavy atom. The number of methoxy groups -OCH3 is 2. The van der Waals surface area contributed by atoms with Gasteiger partial charge in [0.2, 0.25) is 0 Å². The lowest BCUT2D eigenvalue weighted by Crippen LogP contribution is -2.29. The number of aryl methyl sites for hydroxylation is 1. The Morgan fingerprint density at radius 3 is 2.42 bits per heavy atom. The minimum Gasteiger partial charge on any atom is -0.507 e. The summed E-state index contributed by atoms with van der Waals surface area (Å²) in [6.07, 6.45) is 0. The van der Waals surface area contributed by atoms with Crippen LogP contribution in [0.25, 0.3) is 16.7 Å². The van der Waals surface area contributed by atoms with Gasteiger partial charge in [-0.1, -0.05) is 29.8 Å². The Balaban J connectivity index is 1.81. The zero-order chi connectivity index (χ0) is 25.6. The second kappa shape index (κ2) is 9.09. The van der Waals surface area contributed by atoms with Gasteiger partial charge in [-0.15, -0.1) is 0 Å². The van der Waals surface area contributed by atoms with Gasteiger partial charge >= 0.3 is 0 Å². The van der Waals surface area contributed by atoms with Gasteiger partial charge in [0.15, 0.2) is 0 Å². The number of fused-ring (bicyclic) bond motifs is 1. The van der Waals surface area contributed by atoms with Gasteiger partial charge in [-0.3, -0.25) is 14.5 Å². The van der Waals surface area contributed by atoms with E-state index in [4.69, 9.17) is 21.1 Å². The van der Waals surface area contributed by atoms with Crippen molar-refractivity contribution in [3.05, 3.63) is 94.1 Å². The molecule has 1 atom stereocenters. The molecule has 2 N–H and O–H groups in total. The summed E-state index contributed by atoms with van der Waals surface area (Å²) in [6.45, 7) is 1.88. The lowest BCUT2D eigenvalue weighted by molar-refractivity contribution is -0.132. The zero-order valence-electron chi connectivity index (χ0n) is 19.8. The van der Waals surface area contributed by atoms with Crippen LogP contribution in [0.5, 0.6) is 11.5 Å². The van der Waals surface area contributed by atoms with E-state index < -0.39 is 17.7 Å². The van der Waals surface area contributed by atoms with Crippen molar-refractivity contribution in [1.29, 1.82) is 0 Å². The molecule has 0 saturated carbocycles. The van der Waals surface area contributed by atoms with Crippen LogP contribution in [0.15, 0.2) is 72.3 Å². The first kappa shape index (κ1) is 23.5. The number of hydrogen-bond donors (Lipinski definition) is 2. The smallest absolute Gasteiger partial charge is 0.300 e. The number of ketones is 1. The minimum absolute atomic E-state index is 0.0359. The second-order valence-electron chi connectivity index (χ2n) is 8.42. The maximum absolute atomic E-state index is 13.5. The van der Waals surface area contributed by atoms with E-state index in [1.807, 2.05) is 31.2 Å².